The second-order valence-electron chi connectivity index (χ2n) is 4.03. The van der Waals surface area contributed by atoms with Crippen molar-refractivity contribution in [2.24, 2.45) is 5.41 Å². The van der Waals surface area contributed by atoms with Gasteiger partial charge in [0.2, 0.25) is 0 Å². The van der Waals surface area contributed by atoms with Gasteiger partial charge in [0.1, 0.15) is 0 Å². The lowest BCUT2D eigenvalue weighted by Gasteiger charge is -2.26. The monoisotopic (exact) mass is 198 g/mol. The maximum Gasteiger partial charge on any atom is 0.0487 e. The molecule has 0 spiro atoms. The van der Waals surface area contributed by atoms with Crippen molar-refractivity contribution in [1.82, 2.24) is 0 Å². The number of hydrogen-bond donors (Lipinski definition) is 1. The van der Waals surface area contributed by atoms with Gasteiger partial charge < -0.3 is 5.11 Å². The van der Waals surface area contributed by atoms with Crippen molar-refractivity contribution in [3.8, 4) is 0 Å². The second-order valence-corrected chi connectivity index (χ2v) is 4.81. The smallest absolute Gasteiger partial charge is 0.0487 e. The van der Waals surface area contributed by atoms with Gasteiger partial charge in [-0.3, -0.25) is 0 Å². The Bertz CT molecular complexity index is 230. The molecule has 1 atom stereocenters. The van der Waals surface area contributed by atoms with E-state index in [-0.39, 0.29) is 12.0 Å². The number of aliphatic hydroxyl groups is 1. The normalized spacial score (nSPS) is 15.6. The predicted molar refractivity (Wildman–Crippen MR) is 58.1 cm³/mol. The van der Waals surface area contributed by atoms with E-state index in [1.807, 2.05) is 0 Å². The van der Waals surface area contributed by atoms with Gasteiger partial charge in [0.05, 0.1) is 0 Å². The summed E-state index contributed by atoms with van der Waals surface area (Å²) in [5, 5.41) is 13.6. The summed E-state index contributed by atoms with van der Waals surface area (Å²) in [5.74, 6) is 0. The average molecular weight is 198 g/mol. The molecule has 74 valence electrons. The first-order valence-electron chi connectivity index (χ1n) is 4.82. The first kappa shape index (κ1) is 10.7. The molecule has 0 aliphatic carbocycles. The Labute approximate surface area is 84.4 Å². The summed E-state index contributed by atoms with van der Waals surface area (Å²) in [7, 11) is 0. The standard InChI is InChI=1S/C11H18OS/c1-3-5-11(2,9-12)7-10-4-6-13-8-10/h4,6,8,12H,3,5,7,9H2,1-2H3. The SMILES string of the molecule is CCCC(C)(CO)Cc1ccsc1. The van der Waals surface area contributed by atoms with Crippen molar-refractivity contribution in [2.75, 3.05) is 6.61 Å². The van der Waals surface area contributed by atoms with E-state index in [1.54, 1.807) is 11.3 Å². The Balaban J connectivity index is 2.58. The molecule has 1 heterocycles. The van der Waals surface area contributed by atoms with Crippen LogP contribution in [0.25, 0.3) is 0 Å². The molecule has 1 aromatic heterocycles. The average Bonchev–Trinajstić information content (AvgIpc) is 2.57. The summed E-state index contributed by atoms with van der Waals surface area (Å²) in [5.41, 5.74) is 1.44. The van der Waals surface area contributed by atoms with Crippen molar-refractivity contribution >= 4 is 11.3 Å². The van der Waals surface area contributed by atoms with Crippen LogP contribution in [0.3, 0.4) is 0 Å². The third-order valence-electron chi connectivity index (χ3n) is 2.45. The Kier molecular flexibility index (Phi) is 3.94. The van der Waals surface area contributed by atoms with Crippen LogP contribution < -0.4 is 0 Å². The van der Waals surface area contributed by atoms with Crippen LogP contribution in [-0.2, 0) is 6.42 Å². The largest absolute Gasteiger partial charge is 0.396 e. The molecule has 0 aliphatic rings. The number of thiophene rings is 1. The minimum Gasteiger partial charge on any atom is -0.396 e. The van der Waals surface area contributed by atoms with Gasteiger partial charge in [0.15, 0.2) is 0 Å². The van der Waals surface area contributed by atoms with Crippen LogP contribution >= 0.6 is 11.3 Å². The fourth-order valence-electron chi connectivity index (χ4n) is 1.71. The molecule has 0 saturated carbocycles. The summed E-state index contributed by atoms with van der Waals surface area (Å²) >= 11 is 1.73. The van der Waals surface area contributed by atoms with Crippen LogP contribution in [0.4, 0.5) is 0 Å². The minimum atomic E-state index is 0.0792. The number of rotatable bonds is 5. The van der Waals surface area contributed by atoms with Crippen molar-refractivity contribution in [1.29, 1.82) is 0 Å². The van der Waals surface area contributed by atoms with E-state index in [0.717, 1.165) is 19.3 Å². The van der Waals surface area contributed by atoms with Gasteiger partial charge in [-0.15, -0.1) is 0 Å². The molecule has 2 heteroatoms. The summed E-state index contributed by atoms with van der Waals surface area (Å²) in [4.78, 5) is 0. The van der Waals surface area contributed by atoms with Crippen molar-refractivity contribution in [3.63, 3.8) is 0 Å². The molecule has 0 radical (unpaired) electrons. The van der Waals surface area contributed by atoms with E-state index >= 15 is 0 Å². The van der Waals surface area contributed by atoms with Crippen LogP contribution in [-0.4, -0.2) is 11.7 Å². The third kappa shape index (κ3) is 3.12. The van der Waals surface area contributed by atoms with Gasteiger partial charge in [-0.25, -0.2) is 0 Å². The zero-order valence-corrected chi connectivity index (χ0v) is 9.23. The molecule has 1 rings (SSSR count). The van der Waals surface area contributed by atoms with Crippen LogP contribution in [0.2, 0.25) is 0 Å². The molecule has 1 nitrogen and oxygen atoms in total. The van der Waals surface area contributed by atoms with Crippen molar-refractivity contribution < 1.29 is 5.11 Å². The molecular weight excluding hydrogens is 180 g/mol. The molecule has 0 aromatic carbocycles. The van der Waals surface area contributed by atoms with Gasteiger partial charge >= 0.3 is 0 Å². The summed E-state index contributed by atoms with van der Waals surface area (Å²) in [6.07, 6.45) is 3.24. The third-order valence-corrected chi connectivity index (χ3v) is 3.18. The van der Waals surface area contributed by atoms with Crippen LogP contribution in [0.1, 0.15) is 32.3 Å². The van der Waals surface area contributed by atoms with Crippen LogP contribution in [0.15, 0.2) is 16.8 Å². The summed E-state index contributed by atoms with van der Waals surface area (Å²) in [6, 6.07) is 2.15. The lowest BCUT2D eigenvalue weighted by atomic mass is 9.81. The molecular formula is C11H18OS. The molecule has 1 N–H and O–H groups in total. The molecule has 0 saturated heterocycles. The quantitative estimate of drug-likeness (QED) is 0.771. The van der Waals surface area contributed by atoms with E-state index in [4.69, 9.17) is 0 Å². The lowest BCUT2D eigenvalue weighted by Crippen LogP contribution is -2.23. The van der Waals surface area contributed by atoms with Gasteiger partial charge in [0, 0.05) is 6.61 Å². The van der Waals surface area contributed by atoms with Crippen LogP contribution in [0, 0.1) is 5.41 Å². The van der Waals surface area contributed by atoms with Gasteiger partial charge in [0.25, 0.3) is 0 Å². The van der Waals surface area contributed by atoms with Gasteiger partial charge in [-0.2, -0.15) is 11.3 Å². The van der Waals surface area contributed by atoms with Crippen molar-refractivity contribution in [3.05, 3.63) is 22.4 Å². The zero-order chi connectivity index (χ0) is 9.73. The number of aliphatic hydroxyl groups excluding tert-OH is 1. The lowest BCUT2D eigenvalue weighted by molar-refractivity contribution is 0.131. The Morgan fingerprint density at radius 3 is 2.77 bits per heavy atom. The van der Waals surface area contributed by atoms with Gasteiger partial charge in [-0.05, 0) is 40.6 Å². The summed E-state index contributed by atoms with van der Waals surface area (Å²) < 4.78 is 0. The van der Waals surface area contributed by atoms with Gasteiger partial charge in [-0.1, -0.05) is 20.3 Å². The molecule has 13 heavy (non-hydrogen) atoms. The summed E-state index contributed by atoms with van der Waals surface area (Å²) in [6.45, 7) is 4.62. The number of hydrogen-bond acceptors (Lipinski definition) is 2. The Morgan fingerprint density at radius 1 is 1.54 bits per heavy atom. The fourth-order valence-corrected chi connectivity index (χ4v) is 2.38. The first-order valence-corrected chi connectivity index (χ1v) is 5.76. The Hall–Kier alpha value is -0.340. The maximum absolute atomic E-state index is 9.32. The van der Waals surface area contributed by atoms with Crippen LogP contribution in [0.5, 0.6) is 0 Å². The van der Waals surface area contributed by atoms with E-state index in [9.17, 15) is 5.11 Å². The van der Waals surface area contributed by atoms with Crippen molar-refractivity contribution in [2.45, 2.75) is 33.1 Å². The van der Waals surface area contributed by atoms with E-state index in [2.05, 4.69) is 30.7 Å². The van der Waals surface area contributed by atoms with E-state index in [0.29, 0.717) is 0 Å². The maximum atomic E-state index is 9.32. The zero-order valence-electron chi connectivity index (χ0n) is 8.42. The first-order chi connectivity index (χ1) is 6.20. The molecule has 0 amide bonds. The topological polar surface area (TPSA) is 20.2 Å². The van der Waals surface area contributed by atoms with E-state index < -0.39 is 0 Å². The minimum absolute atomic E-state index is 0.0792. The molecule has 1 aromatic rings. The highest BCUT2D eigenvalue weighted by atomic mass is 32.1. The predicted octanol–water partition coefficient (Wildman–Crippen LogP) is 3.09. The highest BCUT2D eigenvalue weighted by molar-refractivity contribution is 7.07. The fraction of sp³-hybridized carbons (Fsp3) is 0.636. The molecule has 0 fully saturated rings. The molecule has 0 aliphatic heterocycles. The Morgan fingerprint density at radius 2 is 2.31 bits per heavy atom. The second kappa shape index (κ2) is 4.77. The van der Waals surface area contributed by atoms with E-state index in [1.165, 1.54) is 5.56 Å². The molecule has 0 bridgehead atoms. The molecule has 1 unspecified atom stereocenters. The highest BCUT2D eigenvalue weighted by Crippen LogP contribution is 2.28. The highest BCUT2D eigenvalue weighted by Gasteiger charge is 2.22.